The summed E-state index contributed by atoms with van der Waals surface area (Å²) < 4.78 is 2.23. The van der Waals surface area contributed by atoms with Crippen LogP contribution in [0.5, 0.6) is 0 Å². The molecule has 0 unspecified atom stereocenters. The summed E-state index contributed by atoms with van der Waals surface area (Å²) in [6, 6.07) is 4.06. The zero-order valence-electron chi connectivity index (χ0n) is 7.98. The van der Waals surface area contributed by atoms with E-state index in [-0.39, 0.29) is 0 Å². The highest BCUT2D eigenvalue weighted by atomic mass is 15.0. The van der Waals surface area contributed by atoms with E-state index in [0.29, 0.717) is 0 Å². The normalized spacial score (nSPS) is 16.3. The van der Waals surface area contributed by atoms with E-state index in [1.807, 2.05) is 6.07 Å². The highest BCUT2D eigenvalue weighted by molar-refractivity contribution is 5.79. The molecule has 0 aliphatic heterocycles. The highest BCUT2D eigenvalue weighted by Gasteiger charge is 2.22. The van der Waals surface area contributed by atoms with Crippen molar-refractivity contribution in [3.8, 4) is 0 Å². The molecule has 1 saturated carbocycles. The van der Waals surface area contributed by atoms with Crippen molar-refractivity contribution in [2.45, 2.75) is 19.4 Å². The smallest absolute Gasteiger partial charge is 0.139 e. The second-order valence-electron chi connectivity index (χ2n) is 4.09. The monoisotopic (exact) mass is 187 g/mol. The van der Waals surface area contributed by atoms with E-state index in [2.05, 4.69) is 21.8 Å². The molecule has 1 aliphatic rings. The minimum atomic E-state index is 0.738. The summed E-state index contributed by atoms with van der Waals surface area (Å²) in [6.45, 7) is 1.11. The number of nitrogen functional groups attached to an aromatic ring is 1. The van der Waals surface area contributed by atoms with Crippen LogP contribution in [0.4, 0.5) is 5.69 Å². The van der Waals surface area contributed by atoms with Crippen molar-refractivity contribution in [2.24, 2.45) is 5.92 Å². The molecule has 0 saturated heterocycles. The quantitative estimate of drug-likeness (QED) is 0.781. The van der Waals surface area contributed by atoms with E-state index in [1.54, 1.807) is 6.20 Å². The van der Waals surface area contributed by atoms with Crippen molar-refractivity contribution in [3.05, 3.63) is 24.5 Å². The number of hydrogen-bond donors (Lipinski definition) is 1. The first-order chi connectivity index (χ1) is 6.83. The lowest BCUT2D eigenvalue weighted by atomic mass is 10.3. The van der Waals surface area contributed by atoms with E-state index in [9.17, 15) is 0 Å². The number of aromatic nitrogens is 2. The number of rotatable bonds is 2. The molecular weight excluding hydrogens is 174 g/mol. The van der Waals surface area contributed by atoms with Crippen molar-refractivity contribution in [1.29, 1.82) is 0 Å². The van der Waals surface area contributed by atoms with Crippen LogP contribution in [0.2, 0.25) is 0 Å². The molecule has 0 spiro atoms. The number of nitrogens with two attached hydrogens (primary N) is 1. The van der Waals surface area contributed by atoms with Gasteiger partial charge in [-0.1, -0.05) is 0 Å². The molecular formula is C11H13N3. The van der Waals surface area contributed by atoms with Crippen LogP contribution in [0.25, 0.3) is 11.0 Å². The molecule has 0 aromatic carbocycles. The zero-order chi connectivity index (χ0) is 9.54. The molecule has 0 bridgehead atoms. The molecule has 2 aromatic heterocycles. The van der Waals surface area contributed by atoms with Crippen LogP contribution in [-0.2, 0) is 6.54 Å². The summed E-state index contributed by atoms with van der Waals surface area (Å²) in [7, 11) is 0. The largest absolute Gasteiger partial charge is 0.397 e. The van der Waals surface area contributed by atoms with E-state index < -0.39 is 0 Å². The van der Waals surface area contributed by atoms with E-state index >= 15 is 0 Å². The van der Waals surface area contributed by atoms with E-state index in [4.69, 9.17) is 5.73 Å². The first kappa shape index (κ1) is 7.85. The van der Waals surface area contributed by atoms with Gasteiger partial charge in [0.2, 0.25) is 0 Å². The van der Waals surface area contributed by atoms with Crippen LogP contribution < -0.4 is 5.73 Å². The Kier molecular flexibility index (Phi) is 1.54. The third-order valence-corrected chi connectivity index (χ3v) is 2.77. The fraction of sp³-hybridized carbons (Fsp3) is 0.364. The highest BCUT2D eigenvalue weighted by Crippen LogP contribution is 2.31. The summed E-state index contributed by atoms with van der Waals surface area (Å²) in [5, 5.41) is 1.14. The summed E-state index contributed by atoms with van der Waals surface area (Å²) in [5.74, 6) is 0.880. The second kappa shape index (κ2) is 2.74. The Labute approximate surface area is 82.5 Å². The molecule has 72 valence electrons. The number of fused-ring (bicyclic) bond motifs is 1. The van der Waals surface area contributed by atoms with Crippen molar-refractivity contribution >= 4 is 16.7 Å². The lowest BCUT2D eigenvalue weighted by molar-refractivity contribution is 0.643. The molecule has 3 nitrogen and oxygen atoms in total. The summed E-state index contributed by atoms with van der Waals surface area (Å²) in [4.78, 5) is 4.36. The van der Waals surface area contributed by atoms with Gasteiger partial charge in [0, 0.05) is 18.1 Å². The molecule has 3 heteroatoms. The minimum absolute atomic E-state index is 0.738. The Balaban J connectivity index is 2.06. The van der Waals surface area contributed by atoms with Gasteiger partial charge in [-0.25, -0.2) is 4.98 Å². The third-order valence-electron chi connectivity index (χ3n) is 2.77. The maximum absolute atomic E-state index is 5.67. The van der Waals surface area contributed by atoms with Gasteiger partial charge in [-0.05, 0) is 30.9 Å². The maximum Gasteiger partial charge on any atom is 0.139 e. The van der Waals surface area contributed by atoms with Crippen LogP contribution in [0, 0.1) is 5.92 Å². The Bertz CT molecular complexity index is 468. The maximum atomic E-state index is 5.67. The molecule has 2 heterocycles. The molecule has 1 fully saturated rings. The van der Waals surface area contributed by atoms with Crippen molar-refractivity contribution in [2.75, 3.05) is 5.73 Å². The molecule has 2 aromatic rings. The fourth-order valence-electron chi connectivity index (χ4n) is 1.82. The van der Waals surface area contributed by atoms with Crippen LogP contribution >= 0.6 is 0 Å². The van der Waals surface area contributed by atoms with Crippen LogP contribution in [0.3, 0.4) is 0 Å². The first-order valence-corrected chi connectivity index (χ1v) is 5.03. The number of nitrogens with zero attached hydrogens (tertiary/aromatic N) is 2. The van der Waals surface area contributed by atoms with E-state index in [1.165, 1.54) is 12.8 Å². The number of hydrogen-bond acceptors (Lipinski definition) is 2. The standard InChI is InChI=1S/C11H13N3/c12-10-5-9-3-4-14(7-8-1-2-8)11(9)13-6-10/h3-6,8H,1-2,7,12H2. The third kappa shape index (κ3) is 1.25. The van der Waals surface area contributed by atoms with Gasteiger partial charge in [0.05, 0.1) is 11.9 Å². The Morgan fingerprint density at radius 2 is 2.36 bits per heavy atom. The Morgan fingerprint density at radius 3 is 3.14 bits per heavy atom. The molecule has 0 radical (unpaired) electrons. The molecule has 0 amide bonds. The van der Waals surface area contributed by atoms with Gasteiger partial charge in [0.1, 0.15) is 5.65 Å². The van der Waals surface area contributed by atoms with Gasteiger partial charge >= 0.3 is 0 Å². The van der Waals surface area contributed by atoms with Gasteiger partial charge < -0.3 is 10.3 Å². The Morgan fingerprint density at radius 1 is 1.50 bits per heavy atom. The van der Waals surface area contributed by atoms with Gasteiger partial charge in [0.25, 0.3) is 0 Å². The van der Waals surface area contributed by atoms with Crippen molar-refractivity contribution in [3.63, 3.8) is 0 Å². The van der Waals surface area contributed by atoms with Gasteiger partial charge in [-0.2, -0.15) is 0 Å². The molecule has 0 atom stereocenters. The summed E-state index contributed by atoms with van der Waals surface area (Å²) >= 11 is 0. The minimum Gasteiger partial charge on any atom is -0.397 e. The average Bonchev–Trinajstić information content (AvgIpc) is 2.89. The molecule has 3 rings (SSSR count). The van der Waals surface area contributed by atoms with Crippen molar-refractivity contribution < 1.29 is 0 Å². The molecule has 1 aliphatic carbocycles. The number of anilines is 1. The van der Waals surface area contributed by atoms with Crippen LogP contribution in [0.1, 0.15) is 12.8 Å². The first-order valence-electron chi connectivity index (χ1n) is 5.03. The average molecular weight is 187 g/mol. The van der Waals surface area contributed by atoms with Gasteiger partial charge in [-0.15, -0.1) is 0 Å². The lowest BCUT2D eigenvalue weighted by Crippen LogP contribution is -1.99. The topological polar surface area (TPSA) is 43.8 Å². The lowest BCUT2D eigenvalue weighted by Gasteiger charge is -2.02. The van der Waals surface area contributed by atoms with Gasteiger partial charge in [0.15, 0.2) is 0 Å². The molecule has 14 heavy (non-hydrogen) atoms. The predicted octanol–water partition coefficient (Wildman–Crippen LogP) is 2.03. The van der Waals surface area contributed by atoms with E-state index in [0.717, 1.165) is 29.2 Å². The zero-order valence-corrected chi connectivity index (χ0v) is 7.98. The summed E-state index contributed by atoms with van der Waals surface area (Å²) in [5.41, 5.74) is 7.47. The van der Waals surface area contributed by atoms with Crippen LogP contribution in [-0.4, -0.2) is 9.55 Å². The summed E-state index contributed by atoms with van der Waals surface area (Å²) in [6.07, 6.45) is 6.57. The van der Waals surface area contributed by atoms with Crippen molar-refractivity contribution in [1.82, 2.24) is 9.55 Å². The fourth-order valence-corrected chi connectivity index (χ4v) is 1.82. The predicted molar refractivity (Wildman–Crippen MR) is 56.9 cm³/mol. The second-order valence-corrected chi connectivity index (χ2v) is 4.09. The Hall–Kier alpha value is -1.51. The molecule has 2 N–H and O–H groups in total. The SMILES string of the molecule is Nc1cnc2c(ccn2CC2CC2)c1. The van der Waals surface area contributed by atoms with Crippen LogP contribution in [0.15, 0.2) is 24.5 Å². The van der Waals surface area contributed by atoms with Gasteiger partial charge in [-0.3, -0.25) is 0 Å². The number of pyridine rings is 1.